The molecule has 0 bridgehead atoms. The summed E-state index contributed by atoms with van der Waals surface area (Å²) < 4.78 is 68.2. The third kappa shape index (κ3) is 6.03. The lowest BCUT2D eigenvalue weighted by Crippen LogP contribution is -2.49. The number of hydrogen-bond donors (Lipinski definition) is 0. The Balaban J connectivity index is 1.34. The number of carbonyl (C=O) groups is 1. The molecule has 1 spiro atoms. The maximum Gasteiger partial charge on any atom is 0.425 e. The average Bonchev–Trinajstić information content (AvgIpc) is 3.41. The molecule has 12 heteroatoms. The van der Waals surface area contributed by atoms with Crippen LogP contribution in [0.3, 0.4) is 0 Å². The van der Waals surface area contributed by atoms with Crippen LogP contribution >= 0.6 is 0 Å². The molecule has 1 amide bonds. The number of nitrogens with zero attached hydrogens (tertiary/aromatic N) is 4. The Kier molecular flexibility index (Phi) is 7.27. The molecule has 0 saturated carbocycles. The van der Waals surface area contributed by atoms with Crippen LogP contribution in [0.25, 0.3) is 0 Å². The average molecular weight is 519 g/mol. The second kappa shape index (κ2) is 9.78. The van der Waals surface area contributed by atoms with Gasteiger partial charge in [0, 0.05) is 70.0 Å². The van der Waals surface area contributed by atoms with Gasteiger partial charge in [0.05, 0.1) is 6.26 Å². The third-order valence-electron chi connectivity index (χ3n) is 7.41. The molecule has 0 aromatic heterocycles. The molecule has 0 N–H and O–H groups in total. The van der Waals surface area contributed by atoms with Crippen molar-refractivity contribution in [3.63, 3.8) is 0 Å². The quantitative estimate of drug-likeness (QED) is 0.597. The lowest BCUT2D eigenvalue weighted by Gasteiger charge is -2.35. The smallest absolute Gasteiger partial charge is 0.425 e. The summed E-state index contributed by atoms with van der Waals surface area (Å²) in [7, 11) is -3.18. The van der Waals surface area contributed by atoms with Crippen molar-refractivity contribution >= 4 is 21.8 Å². The minimum absolute atomic E-state index is 0.0181. The van der Waals surface area contributed by atoms with E-state index in [0.717, 1.165) is 44.1 Å². The summed E-state index contributed by atoms with van der Waals surface area (Å²) in [6.07, 6.45) is -4.56. The molecule has 2 atom stereocenters. The summed E-state index contributed by atoms with van der Waals surface area (Å²) in [5.41, 5.74) is 2.25. The van der Waals surface area contributed by atoms with Crippen LogP contribution in [0.15, 0.2) is 24.3 Å². The standard InChI is InChI=1S/C23H33F3N4O4S/c1-18(23(24,25)26)34-21(31)28-13-11-27(12-14-28)15-19-5-3-4-6-20(19)29-9-7-22(16-29)8-10-30(17-22)35(2,32)33/h3-6,18H,7-17H2,1-2H3. The third-order valence-corrected chi connectivity index (χ3v) is 8.66. The van der Waals surface area contributed by atoms with E-state index in [0.29, 0.717) is 45.8 Å². The van der Waals surface area contributed by atoms with Crippen molar-refractivity contribution in [1.29, 1.82) is 0 Å². The lowest BCUT2D eigenvalue weighted by molar-refractivity contribution is -0.200. The van der Waals surface area contributed by atoms with Gasteiger partial charge in [-0.3, -0.25) is 4.90 Å². The van der Waals surface area contributed by atoms with E-state index in [2.05, 4.69) is 26.7 Å². The predicted molar refractivity (Wildman–Crippen MR) is 126 cm³/mol. The van der Waals surface area contributed by atoms with Crippen molar-refractivity contribution in [1.82, 2.24) is 14.1 Å². The van der Waals surface area contributed by atoms with Crippen LogP contribution in [0, 0.1) is 5.41 Å². The molecule has 3 fully saturated rings. The van der Waals surface area contributed by atoms with E-state index in [9.17, 15) is 26.4 Å². The van der Waals surface area contributed by atoms with Gasteiger partial charge in [-0.25, -0.2) is 17.5 Å². The summed E-state index contributed by atoms with van der Waals surface area (Å²) in [4.78, 5) is 17.9. The van der Waals surface area contributed by atoms with Crippen molar-refractivity contribution in [3.05, 3.63) is 29.8 Å². The van der Waals surface area contributed by atoms with Gasteiger partial charge in [0.25, 0.3) is 0 Å². The SMILES string of the molecule is CC(OC(=O)N1CCN(Cc2ccccc2N2CCC3(CCN(S(C)(=O)=O)C3)C2)CC1)C(F)(F)F. The van der Waals surface area contributed by atoms with Gasteiger partial charge in [-0.05, 0) is 31.4 Å². The minimum atomic E-state index is -4.57. The van der Waals surface area contributed by atoms with Gasteiger partial charge in [0.1, 0.15) is 0 Å². The van der Waals surface area contributed by atoms with Crippen LogP contribution in [0.1, 0.15) is 25.3 Å². The highest BCUT2D eigenvalue weighted by molar-refractivity contribution is 7.88. The zero-order chi connectivity index (χ0) is 25.4. The Morgan fingerprint density at radius 3 is 2.34 bits per heavy atom. The Morgan fingerprint density at radius 2 is 1.71 bits per heavy atom. The first-order valence-corrected chi connectivity index (χ1v) is 13.7. The predicted octanol–water partition coefficient (Wildman–Crippen LogP) is 2.75. The Labute approximate surface area is 204 Å². The van der Waals surface area contributed by atoms with E-state index < -0.39 is 28.4 Å². The molecule has 0 radical (unpaired) electrons. The van der Waals surface area contributed by atoms with Gasteiger partial charge in [0.2, 0.25) is 10.0 Å². The topological polar surface area (TPSA) is 73.4 Å². The number of rotatable bonds is 5. The van der Waals surface area contributed by atoms with Crippen LogP contribution in [0.2, 0.25) is 0 Å². The molecule has 8 nitrogen and oxygen atoms in total. The van der Waals surface area contributed by atoms with Crippen molar-refractivity contribution in [3.8, 4) is 0 Å². The fourth-order valence-corrected chi connectivity index (χ4v) is 6.16. The number of carbonyl (C=O) groups excluding carboxylic acids is 1. The van der Waals surface area contributed by atoms with Crippen LogP contribution < -0.4 is 4.90 Å². The molecule has 35 heavy (non-hydrogen) atoms. The van der Waals surface area contributed by atoms with E-state index in [1.165, 1.54) is 11.2 Å². The maximum atomic E-state index is 12.7. The molecule has 4 rings (SSSR count). The summed E-state index contributed by atoms with van der Waals surface area (Å²) in [5.74, 6) is 0. The largest absolute Gasteiger partial charge is 0.437 e. The molecular formula is C23H33F3N4O4S. The van der Waals surface area contributed by atoms with Crippen molar-refractivity contribution < 1.29 is 31.1 Å². The number of benzene rings is 1. The van der Waals surface area contributed by atoms with Gasteiger partial charge in [-0.1, -0.05) is 18.2 Å². The fourth-order valence-electron chi connectivity index (χ4n) is 5.23. The van der Waals surface area contributed by atoms with Crippen molar-refractivity contribution in [2.75, 3.05) is 63.5 Å². The summed E-state index contributed by atoms with van der Waals surface area (Å²) in [5, 5.41) is 0. The van der Waals surface area contributed by atoms with Crippen LogP contribution in [0.4, 0.5) is 23.7 Å². The molecule has 2 unspecified atom stereocenters. The van der Waals surface area contributed by atoms with Crippen molar-refractivity contribution in [2.24, 2.45) is 5.41 Å². The first kappa shape index (κ1) is 26.0. The van der Waals surface area contributed by atoms with Crippen LogP contribution in [-0.2, 0) is 21.3 Å². The number of halogens is 3. The Morgan fingerprint density at radius 1 is 1.06 bits per heavy atom. The first-order valence-electron chi connectivity index (χ1n) is 11.9. The monoisotopic (exact) mass is 518 g/mol. The number of alkyl halides is 3. The molecule has 3 heterocycles. The van der Waals surface area contributed by atoms with E-state index in [4.69, 9.17) is 0 Å². The highest BCUT2D eigenvalue weighted by Crippen LogP contribution is 2.42. The number of ether oxygens (including phenoxy) is 1. The molecule has 196 valence electrons. The van der Waals surface area contributed by atoms with Crippen LogP contribution in [0.5, 0.6) is 0 Å². The molecule has 3 aliphatic rings. The minimum Gasteiger partial charge on any atom is -0.437 e. The summed E-state index contributed by atoms with van der Waals surface area (Å²) in [6.45, 7) is 6.00. The Hall–Kier alpha value is -2.05. The van der Waals surface area contributed by atoms with Crippen molar-refractivity contribution in [2.45, 2.75) is 38.6 Å². The number of amides is 1. The zero-order valence-corrected chi connectivity index (χ0v) is 20.9. The second-order valence-electron chi connectivity index (χ2n) is 9.98. The van der Waals surface area contributed by atoms with Gasteiger partial charge in [-0.15, -0.1) is 0 Å². The number of sulfonamides is 1. The van der Waals surface area contributed by atoms with E-state index in [1.807, 2.05) is 12.1 Å². The summed E-state index contributed by atoms with van der Waals surface area (Å²) in [6, 6.07) is 8.14. The van der Waals surface area contributed by atoms with Gasteiger partial charge < -0.3 is 14.5 Å². The highest BCUT2D eigenvalue weighted by Gasteiger charge is 2.46. The van der Waals surface area contributed by atoms with E-state index in [1.54, 1.807) is 4.31 Å². The van der Waals surface area contributed by atoms with Gasteiger partial charge >= 0.3 is 12.3 Å². The maximum absolute atomic E-state index is 12.7. The van der Waals surface area contributed by atoms with Gasteiger partial charge in [-0.2, -0.15) is 13.2 Å². The second-order valence-corrected chi connectivity index (χ2v) is 12.0. The number of anilines is 1. The lowest BCUT2D eigenvalue weighted by atomic mass is 9.86. The van der Waals surface area contributed by atoms with E-state index >= 15 is 0 Å². The highest BCUT2D eigenvalue weighted by atomic mass is 32.2. The molecule has 3 saturated heterocycles. The Bertz CT molecular complexity index is 1030. The van der Waals surface area contributed by atoms with Gasteiger partial charge in [0.15, 0.2) is 6.10 Å². The number of para-hydroxylation sites is 1. The van der Waals surface area contributed by atoms with Crippen LogP contribution in [-0.4, -0.2) is 99.5 Å². The first-order chi connectivity index (χ1) is 16.4. The summed E-state index contributed by atoms with van der Waals surface area (Å²) >= 11 is 0. The zero-order valence-electron chi connectivity index (χ0n) is 20.1. The molecule has 1 aromatic carbocycles. The number of piperazine rings is 1. The molecular weight excluding hydrogens is 485 g/mol. The van der Waals surface area contributed by atoms with E-state index in [-0.39, 0.29) is 5.41 Å². The fraction of sp³-hybridized carbons (Fsp3) is 0.696. The molecule has 0 aliphatic carbocycles. The molecule has 3 aliphatic heterocycles. The number of hydrogen-bond acceptors (Lipinski definition) is 6. The normalized spacial score (nSPS) is 25.4. The molecule has 1 aromatic rings.